The topological polar surface area (TPSA) is 94.8 Å². The molecule has 1 atom stereocenters. The summed E-state index contributed by atoms with van der Waals surface area (Å²) in [6.07, 6.45) is 1.80. The first-order chi connectivity index (χ1) is 11.8. The van der Waals surface area contributed by atoms with Crippen LogP contribution >= 0.6 is 0 Å². The van der Waals surface area contributed by atoms with Crippen molar-refractivity contribution in [1.29, 1.82) is 0 Å². The fourth-order valence-corrected chi connectivity index (χ4v) is 3.24. The van der Waals surface area contributed by atoms with E-state index in [-0.39, 0.29) is 52.2 Å². The lowest BCUT2D eigenvalue weighted by Crippen LogP contribution is -2.27. The second-order valence-corrected chi connectivity index (χ2v) is 6.52. The number of fused-ring (bicyclic) bond motifs is 2. The summed E-state index contributed by atoms with van der Waals surface area (Å²) in [6, 6.07) is 7.51. The summed E-state index contributed by atoms with van der Waals surface area (Å²) in [5.74, 6) is -1.80. The van der Waals surface area contributed by atoms with Crippen LogP contribution in [0.2, 0.25) is 0 Å². The van der Waals surface area contributed by atoms with Crippen LogP contribution in [0.25, 0.3) is 0 Å². The Morgan fingerprint density at radius 3 is 2.20 bits per heavy atom. The van der Waals surface area contributed by atoms with Crippen LogP contribution in [0.15, 0.2) is 43.0 Å². The first-order valence-electron chi connectivity index (χ1n) is 7.86. The molecule has 0 spiro atoms. The Hall–Kier alpha value is -2.92. The maximum absolute atomic E-state index is 12.8. The molecule has 0 bridgehead atoms. The van der Waals surface area contributed by atoms with Gasteiger partial charge in [0, 0.05) is 23.1 Å². The van der Waals surface area contributed by atoms with Gasteiger partial charge < -0.3 is 15.3 Å². The van der Waals surface area contributed by atoms with Gasteiger partial charge in [0.15, 0.2) is 11.6 Å². The van der Waals surface area contributed by atoms with Crippen LogP contribution in [0.5, 0.6) is 11.5 Å². The van der Waals surface area contributed by atoms with E-state index in [9.17, 15) is 24.9 Å². The number of aromatic hydroxyl groups is 2. The van der Waals surface area contributed by atoms with Crippen molar-refractivity contribution in [1.82, 2.24) is 0 Å². The Labute approximate surface area is 144 Å². The van der Waals surface area contributed by atoms with Crippen LogP contribution in [-0.2, 0) is 6.42 Å². The van der Waals surface area contributed by atoms with Crippen LogP contribution in [0.1, 0.15) is 50.8 Å². The maximum Gasteiger partial charge on any atom is 0.198 e. The van der Waals surface area contributed by atoms with Crippen molar-refractivity contribution in [2.75, 3.05) is 0 Å². The van der Waals surface area contributed by atoms with Crippen molar-refractivity contribution in [3.63, 3.8) is 0 Å². The van der Waals surface area contributed by atoms with Gasteiger partial charge in [0.2, 0.25) is 0 Å². The molecule has 0 fully saturated rings. The minimum Gasteiger partial charge on any atom is -0.507 e. The number of ketones is 2. The van der Waals surface area contributed by atoms with E-state index < -0.39 is 17.2 Å². The molecule has 0 radical (unpaired) electrons. The van der Waals surface area contributed by atoms with E-state index in [2.05, 4.69) is 6.58 Å². The van der Waals surface area contributed by atoms with Crippen molar-refractivity contribution >= 4 is 11.6 Å². The Bertz CT molecular complexity index is 909. The molecule has 0 amide bonds. The molecular formula is C20H18O5. The standard InChI is InChI=1S/C20H18O5/c1-3-8-20(2,25)10-11-9-14(21)15-16(17(11)22)19(24)13-7-5-4-6-12(13)18(15)23/h3-7,9,21-22,25H,1,8,10H2,2H3. The van der Waals surface area contributed by atoms with Gasteiger partial charge in [-0.1, -0.05) is 30.3 Å². The smallest absolute Gasteiger partial charge is 0.198 e. The third kappa shape index (κ3) is 2.72. The van der Waals surface area contributed by atoms with Crippen molar-refractivity contribution in [3.8, 4) is 11.5 Å². The van der Waals surface area contributed by atoms with Gasteiger partial charge in [0.05, 0.1) is 16.7 Å². The van der Waals surface area contributed by atoms with Gasteiger partial charge in [-0.25, -0.2) is 0 Å². The van der Waals surface area contributed by atoms with E-state index in [1.165, 1.54) is 18.2 Å². The average molecular weight is 338 g/mol. The normalized spacial score (nSPS) is 15.3. The molecule has 25 heavy (non-hydrogen) atoms. The molecule has 0 aliphatic heterocycles. The number of carbonyl (C=O) groups excluding carboxylic acids is 2. The summed E-state index contributed by atoms with van der Waals surface area (Å²) in [7, 11) is 0. The van der Waals surface area contributed by atoms with Gasteiger partial charge in [0.1, 0.15) is 11.5 Å². The molecule has 0 heterocycles. The van der Waals surface area contributed by atoms with Gasteiger partial charge in [-0.3, -0.25) is 9.59 Å². The molecule has 0 saturated carbocycles. The van der Waals surface area contributed by atoms with Crippen molar-refractivity contribution in [2.24, 2.45) is 0 Å². The second-order valence-electron chi connectivity index (χ2n) is 6.52. The van der Waals surface area contributed by atoms with Crippen molar-refractivity contribution in [2.45, 2.75) is 25.4 Å². The van der Waals surface area contributed by atoms with Gasteiger partial charge in [-0.2, -0.15) is 0 Å². The fraction of sp³-hybridized carbons (Fsp3) is 0.200. The predicted octanol–water partition coefficient (Wildman–Crippen LogP) is 2.74. The zero-order chi connectivity index (χ0) is 18.4. The summed E-state index contributed by atoms with van der Waals surface area (Å²) in [4.78, 5) is 25.4. The molecule has 128 valence electrons. The molecular weight excluding hydrogens is 320 g/mol. The van der Waals surface area contributed by atoms with Gasteiger partial charge in [-0.15, -0.1) is 6.58 Å². The highest BCUT2D eigenvalue weighted by Crippen LogP contribution is 2.41. The summed E-state index contributed by atoms with van der Waals surface area (Å²) in [5.41, 5.74) is -1.05. The Morgan fingerprint density at radius 2 is 1.64 bits per heavy atom. The highest BCUT2D eigenvalue weighted by atomic mass is 16.3. The second kappa shape index (κ2) is 5.86. The molecule has 2 aromatic carbocycles. The number of phenols is 2. The third-order valence-corrected chi connectivity index (χ3v) is 4.38. The number of benzene rings is 2. The molecule has 0 aromatic heterocycles. The van der Waals surface area contributed by atoms with Gasteiger partial charge in [-0.05, 0) is 19.4 Å². The third-order valence-electron chi connectivity index (χ3n) is 4.38. The maximum atomic E-state index is 12.8. The number of aliphatic hydroxyl groups is 1. The summed E-state index contributed by atoms with van der Waals surface area (Å²) >= 11 is 0. The largest absolute Gasteiger partial charge is 0.507 e. The first kappa shape index (κ1) is 16.9. The Morgan fingerprint density at radius 1 is 1.08 bits per heavy atom. The zero-order valence-corrected chi connectivity index (χ0v) is 13.7. The molecule has 3 N–H and O–H groups in total. The minimum atomic E-state index is -1.21. The summed E-state index contributed by atoms with van der Waals surface area (Å²) < 4.78 is 0. The van der Waals surface area contributed by atoms with E-state index in [1.807, 2.05) is 0 Å². The van der Waals surface area contributed by atoms with Crippen LogP contribution in [-0.4, -0.2) is 32.5 Å². The van der Waals surface area contributed by atoms with E-state index in [1.54, 1.807) is 25.1 Å². The summed E-state index contributed by atoms with van der Waals surface area (Å²) in [6.45, 7) is 5.14. The fourth-order valence-electron chi connectivity index (χ4n) is 3.24. The lowest BCUT2D eigenvalue weighted by atomic mass is 9.80. The van der Waals surface area contributed by atoms with E-state index >= 15 is 0 Å². The molecule has 1 aliphatic rings. The lowest BCUT2D eigenvalue weighted by Gasteiger charge is -2.25. The predicted molar refractivity (Wildman–Crippen MR) is 92.2 cm³/mol. The lowest BCUT2D eigenvalue weighted by molar-refractivity contribution is 0.0629. The molecule has 5 nitrogen and oxygen atoms in total. The van der Waals surface area contributed by atoms with E-state index in [4.69, 9.17) is 0 Å². The SMILES string of the molecule is C=CCC(C)(O)Cc1cc(O)c2c(c1O)C(=O)c1ccccc1C2=O. The Kier molecular flexibility index (Phi) is 3.97. The number of hydrogen-bond donors (Lipinski definition) is 3. The molecule has 5 heteroatoms. The number of hydrogen-bond acceptors (Lipinski definition) is 5. The molecule has 3 rings (SSSR count). The van der Waals surface area contributed by atoms with Gasteiger partial charge in [0.25, 0.3) is 0 Å². The molecule has 1 aliphatic carbocycles. The van der Waals surface area contributed by atoms with Crippen LogP contribution in [0, 0.1) is 0 Å². The molecule has 0 saturated heterocycles. The number of carbonyl (C=O) groups is 2. The quantitative estimate of drug-likeness (QED) is 0.502. The number of phenolic OH excluding ortho intramolecular Hbond substituents is 2. The average Bonchev–Trinajstić information content (AvgIpc) is 2.55. The number of rotatable bonds is 4. The van der Waals surface area contributed by atoms with E-state index in [0.717, 1.165) is 0 Å². The highest BCUT2D eigenvalue weighted by Gasteiger charge is 2.36. The van der Waals surface area contributed by atoms with E-state index in [0.29, 0.717) is 0 Å². The van der Waals surface area contributed by atoms with Crippen LogP contribution in [0.3, 0.4) is 0 Å². The van der Waals surface area contributed by atoms with Crippen LogP contribution in [0.4, 0.5) is 0 Å². The van der Waals surface area contributed by atoms with Crippen LogP contribution < -0.4 is 0 Å². The minimum absolute atomic E-state index is 0.00515. The van der Waals surface area contributed by atoms with Crippen molar-refractivity contribution in [3.05, 3.63) is 70.8 Å². The zero-order valence-electron chi connectivity index (χ0n) is 13.7. The highest BCUT2D eigenvalue weighted by molar-refractivity contribution is 6.30. The van der Waals surface area contributed by atoms with Gasteiger partial charge >= 0.3 is 0 Å². The monoisotopic (exact) mass is 338 g/mol. The molecule has 1 unspecified atom stereocenters. The Balaban J connectivity index is 2.18. The van der Waals surface area contributed by atoms with Crippen molar-refractivity contribution < 1.29 is 24.9 Å². The summed E-state index contributed by atoms with van der Waals surface area (Å²) in [5, 5.41) is 31.2. The first-order valence-corrected chi connectivity index (χ1v) is 7.86. The molecule has 2 aromatic rings.